The number of benzene rings is 11. The van der Waals surface area contributed by atoms with Gasteiger partial charge in [-0.3, -0.25) is 0 Å². The molecule has 11 aromatic carbocycles. The molecule has 422 valence electrons. The van der Waals surface area contributed by atoms with Crippen molar-refractivity contribution in [3.63, 3.8) is 0 Å². The molecule has 4 heterocycles. The smallest absolute Gasteiger partial charge is 0.164 e. The lowest BCUT2D eigenvalue weighted by Gasteiger charge is -2.35. The Morgan fingerprint density at radius 2 is 0.761 bits per heavy atom. The molecule has 0 saturated carbocycles. The van der Waals surface area contributed by atoms with E-state index >= 15 is 0 Å². The molecule has 15 rings (SSSR count). The lowest BCUT2D eigenvalue weighted by molar-refractivity contribution is 0.630. The normalized spacial score (nSPS) is 12.6. The fraction of sp³-hybridized carbons (Fsp3) is 0.111. The van der Waals surface area contributed by atoms with E-state index in [1.165, 1.54) is 77.4 Å². The van der Waals surface area contributed by atoms with E-state index in [9.17, 15) is 0 Å². The summed E-state index contributed by atoms with van der Waals surface area (Å²) >= 11 is 0. The third-order valence-corrected chi connectivity index (χ3v) is 18.2. The summed E-state index contributed by atoms with van der Waals surface area (Å²) in [5.74, 6) is 3.83. The Morgan fingerprint density at radius 1 is 0.318 bits per heavy atom. The van der Waals surface area contributed by atoms with Gasteiger partial charge in [0.15, 0.2) is 34.9 Å². The third-order valence-electron chi connectivity index (χ3n) is 18.2. The monoisotopic (exact) mass is 1130 g/mol. The standard InChI is InChI=1S/C81H63N7/c1-50-25-20-21-36-63(50)65-44-61(48-68(52(65)3)80(4,5)67-46-59(40-39-51(67)2)78-84-74(53-26-12-8-13-27-53)82-75(85-78)54-28-14-9-15-29-54)57-34-24-35-58(43-57)62-45-66-64-37-22-23-38-71(64)88-72-42-41-60(47-69(72)81(6,7)70(49-62)73(66)88)79-86-76(55-30-16-10-17-31-55)83-77(87-79)56-32-18-11-19-33-56/h8-49H,1-7H3. The Balaban J connectivity index is 0.857. The number of fused-ring (bicyclic) bond motifs is 5. The van der Waals surface area contributed by atoms with Gasteiger partial charge in [-0.1, -0.05) is 222 Å². The molecule has 7 nitrogen and oxygen atoms in total. The molecule has 1 aliphatic heterocycles. The molecule has 1 aliphatic rings. The Morgan fingerprint density at radius 3 is 1.32 bits per heavy atom. The molecule has 0 bridgehead atoms. The van der Waals surface area contributed by atoms with E-state index in [2.05, 4.69) is 235 Å². The van der Waals surface area contributed by atoms with Gasteiger partial charge < -0.3 is 4.57 Å². The van der Waals surface area contributed by atoms with Crippen LogP contribution in [0.5, 0.6) is 0 Å². The highest BCUT2D eigenvalue weighted by molar-refractivity contribution is 6.13. The van der Waals surface area contributed by atoms with Gasteiger partial charge in [0.25, 0.3) is 0 Å². The summed E-state index contributed by atoms with van der Waals surface area (Å²) < 4.78 is 2.48. The maximum Gasteiger partial charge on any atom is 0.164 e. The van der Waals surface area contributed by atoms with Gasteiger partial charge in [0.1, 0.15) is 0 Å². The molecule has 0 N–H and O–H groups in total. The first-order chi connectivity index (χ1) is 42.8. The second-order valence-electron chi connectivity index (χ2n) is 24.5. The molecule has 0 unspecified atom stereocenters. The summed E-state index contributed by atoms with van der Waals surface area (Å²) in [6.45, 7) is 16.2. The van der Waals surface area contributed by atoms with E-state index in [4.69, 9.17) is 29.9 Å². The number of para-hydroxylation sites is 1. The highest BCUT2D eigenvalue weighted by Crippen LogP contribution is 2.51. The second kappa shape index (κ2) is 21.3. The van der Waals surface area contributed by atoms with Crippen LogP contribution in [0.3, 0.4) is 0 Å². The van der Waals surface area contributed by atoms with Crippen LogP contribution in [-0.2, 0) is 10.8 Å². The minimum Gasteiger partial charge on any atom is -0.309 e. The number of aryl methyl sites for hydroxylation is 2. The topological polar surface area (TPSA) is 82.3 Å². The first kappa shape index (κ1) is 53.9. The number of hydrogen-bond acceptors (Lipinski definition) is 6. The fourth-order valence-electron chi connectivity index (χ4n) is 13.5. The Labute approximate surface area is 513 Å². The molecule has 0 spiro atoms. The van der Waals surface area contributed by atoms with E-state index in [0.717, 1.165) is 55.8 Å². The fourth-order valence-corrected chi connectivity index (χ4v) is 13.5. The largest absolute Gasteiger partial charge is 0.309 e. The molecule has 88 heavy (non-hydrogen) atoms. The number of rotatable bonds is 11. The minimum atomic E-state index is -0.464. The Hall–Kier alpha value is -10.8. The van der Waals surface area contributed by atoms with Gasteiger partial charge in [0.2, 0.25) is 0 Å². The summed E-state index contributed by atoms with van der Waals surface area (Å²) in [4.78, 5) is 30.7. The van der Waals surface area contributed by atoms with Crippen molar-refractivity contribution < 1.29 is 0 Å². The van der Waals surface area contributed by atoms with Crippen LogP contribution >= 0.6 is 0 Å². The van der Waals surface area contributed by atoms with Crippen molar-refractivity contribution in [1.29, 1.82) is 0 Å². The molecular weight excluding hydrogens is 1070 g/mol. The van der Waals surface area contributed by atoms with Crippen LogP contribution < -0.4 is 0 Å². The lowest BCUT2D eigenvalue weighted by Crippen LogP contribution is -2.26. The van der Waals surface area contributed by atoms with Crippen molar-refractivity contribution in [3.05, 3.63) is 294 Å². The summed E-state index contributed by atoms with van der Waals surface area (Å²) in [7, 11) is 0. The Kier molecular flexibility index (Phi) is 13.1. The molecule has 0 radical (unpaired) electrons. The van der Waals surface area contributed by atoms with Gasteiger partial charge in [-0.2, -0.15) is 0 Å². The first-order valence-electron chi connectivity index (χ1n) is 30.3. The van der Waals surface area contributed by atoms with Crippen molar-refractivity contribution >= 4 is 21.8 Å². The van der Waals surface area contributed by atoms with E-state index in [1.54, 1.807) is 0 Å². The maximum atomic E-state index is 5.18. The second-order valence-corrected chi connectivity index (χ2v) is 24.5. The molecule has 0 amide bonds. The zero-order valence-electron chi connectivity index (χ0n) is 50.4. The highest BCUT2D eigenvalue weighted by Gasteiger charge is 2.37. The van der Waals surface area contributed by atoms with Crippen molar-refractivity contribution in [2.24, 2.45) is 0 Å². The quantitative estimate of drug-likeness (QED) is 0.128. The first-order valence-corrected chi connectivity index (χ1v) is 30.3. The van der Waals surface area contributed by atoms with E-state index in [1.807, 2.05) is 72.8 Å². The maximum absolute atomic E-state index is 5.18. The molecule has 3 aromatic heterocycles. The summed E-state index contributed by atoms with van der Waals surface area (Å²) in [5.41, 5.74) is 24.0. The van der Waals surface area contributed by atoms with E-state index in [-0.39, 0.29) is 0 Å². The van der Waals surface area contributed by atoms with Crippen LogP contribution in [0.2, 0.25) is 0 Å². The van der Waals surface area contributed by atoms with Crippen LogP contribution in [0.25, 0.3) is 129 Å². The summed E-state index contributed by atoms with van der Waals surface area (Å²) in [5, 5.41) is 2.45. The van der Waals surface area contributed by atoms with E-state index in [0.29, 0.717) is 34.9 Å². The molecule has 0 saturated heterocycles. The van der Waals surface area contributed by atoms with Crippen LogP contribution in [0.15, 0.2) is 255 Å². The SMILES string of the molecule is Cc1ccccc1-c1cc(-c2cccc(-c3cc4c5c(c3)c3ccccc3n5-c3ccc(-c5nc(-c6ccccc6)nc(-c6ccccc6)n5)cc3C4(C)C)c2)cc(C(C)(C)c2cc(-c3nc(-c4ccccc4)nc(-c4ccccc4)n3)ccc2C)c1C. The molecule has 14 aromatic rings. The average molecular weight is 1130 g/mol. The van der Waals surface area contributed by atoms with Crippen LogP contribution in [-0.4, -0.2) is 34.5 Å². The molecule has 7 heteroatoms. The van der Waals surface area contributed by atoms with Crippen LogP contribution in [0.1, 0.15) is 66.6 Å². The van der Waals surface area contributed by atoms with Gasteiger partial charge in [0.05, 0.1) is 16.7 Å². The molecular formula is C81H63N7. The highest BCUT2D eigenvalue weighted by atomic mass is 15.0. The van der Waals surface area contributed by atoms with Gasteiger partial charge in [-0.05, 0) is 154 Å². The zero-order valence-corrected chi connectivity index (χ0v) is 50.4. The van der Waals surface area contributed by atoms with Crippen molar-refractivity contribution in [2.75, 3.05) is 0 Å². The molecule has 0 aliphatic carbocycles. The minimum absolute atomic E-state index is 0.424. The molecule has 0 atom stereocenters. The van der Waals surface area contributed by atoms with Crippen LogP contribution in [0, 0.1) is 20.8 Å². The predicted molar refractivity (Wildman–Crippen MR) is 361 cm³/mol. The van der Waals surface area contributed by atoms with Crippen molar-refractivity contribution in [3.8, 4) is 107 Å². The number of hydrogen-bond donors (Lipinski definition) is 0. The van der Waals surface area contributed by atoms with Gasteiger partial charge in [0, 0.05) is 55.0 Å². The average Bonchev–Trinajstić information content (AvgIpc) is 1.51. The van der Waals surface area contributed by atoms with Crippen LogP contribution in [0.4, 0.5) is 0 Å². The Bertz CT molecular complexity index is 4930. The number of aromatic nitrogens is 7. The van der Waals surface area contributed by atoms with Crippen molar-refractivity contribution in [2.45, 2.75) is 59.3 Å². The number of nitrogens with zero attached hydrogens (tertiary/aromatic N) is 7. The molecule has 0 fully saturated rings. The summed E-state index contributed by atoms with van der Waals surface area (Å²) in [6.07, 6.45) is 0. The predicted octanol–water partition coefficient (Wildman–Crippen LogP) is 20.0. The van der Waals surface area contributed by atoms with Gasteiger partial charge in [-0.25, -0.2) is 29.9 Å². The lowest BCUT2D eigenvalue weighted by atomic mass is 9.72. The van der Waals surface area contributed by atoms with Crippen molar-refractivity contribution in [1.82, 2.24) is 34.5 Å². The van der Waals surface area contributed by atoms with E-state index < -0.39 is 10.8 Å². The van der Waals surface area contributed by atoms with Gasteiger partial charge in [-0.15, -0.1) is 0 Å². The van der Waals surface area contributed by atoms with Gasteiger partial charge >= 0.3 is 0 Å². The third kappa shape index (κ3) is 9.29. The summed E-state index contributed by atoms with van der Waals surface area (Å²) in [6, 6.07) is 90.8. The zero-order chi connectivity index (χ0) is 59.8.